The van der Waals surface area contributed by atoms with Gasteiger partial charge >= 0.3 is 5.97 Å². The lowest BCUT2D eigenvalue weighted by Crippen LogP contribution is -2.61. The highest BCUT2D eigenvalue weighted by atomic mass is 16.6. The molecule has 2 aromatic carbocycles. The van der Waals surface area contributed by atoms with Gasteiger partial charge in [-0.1, -0.05) is 87.6 Å². The van der Waals surface area contributed by atoms with Crippen molar-refractivity contribution in [3.05, 3.63) is 126 Å². The van der Waals surface area contributed by atoms with E-state index in [1.807, 2.05) is 91.7 Å². The van der Waals surface area contributed by atoms with Crippen LogP contribution in [-0.2, 0) is 97.6 Å². The number of allylic oxidation sites excluding steroid dienone is 6. The molecule has 3 amide bonds. The van der Waals surface area contributed by atoms with Gasteiger partial charge in [-0.2, -0.15) is 10.1 Å². The van der Waals surface area contributed by atoms with Crippen LogP contribution in [-0.4, -0.2) is 270 Å². The van der Waals surface area contributed by atoms with Crippen LogP contribution in [0, 0.1) is 29.6 Å². The number of methoxy groups -OCH3 is 2. The minimum absolute atomic E-state index is 0.0134. The van der Waals surface area contributed by atoms with Crippen LogP contribution in [0.15, 0.2) is 119 Å². The molecular formula is C94H129N17O19. The maximum atomic E-state index is 14.8. The van der Waals surface area contributed by atoms with Gasteiger partial charge in [0.2, 0.25) is 23.5 Å². The molecule has 4 aliphatic heterocycles. The average molecular weight is 1800 g/mol. The number of oxazole rings is 1. The maximum Gasteiger partial charge on any atom is 0.329 e. The number of aliphatic hydroxyl groups is 3. The van der Waals surface area contributed by atoms with Gasteiger partial charge in [0.05, 0.1) is 88.3 Å². The Bertz CT molecular complexity index is 5080. The molecule has 9 heterocycles. The summed E-state index contributed by atoms with van der Waals surface area (Å²) in [5.74, 6) is -8.25. The number of rotatable bonds is 31. The number of amides is 3. The van der Waals surface area contributed by atoms with Crippen LogP contribution in [0.4, 0.5) is 17.8 Å². The molecule has 36 heteroatoms. The van der Waals surface area contributed by atoms with E-state index >= 15 is 0 Å². The van der Waals surface area contributed by atoms with Gasteiger partial charge in [0.15, 0.2) is 17.0 Å². The maximum absolute atomic E-state index is 14.8. The van der Waals surface area contributed by atoms with Crippen LogP contribution in [0.3, 0.4) is 0 Å². The predicted molar refractivity (Wildman–Crippen MR) is 483 cm³/mol. The molecule has 704 valence electrons. The second kappa shape index (κ2) is 47.5. The number of unbranched alkanes of at least 4 members (excludes halogenated alkanes) is 1. The Hall–Kier alpha value is -10.5. The summed E-state index contributed by atoms with van der Waals surface area (Å²) in [6.45, 7) is 16.4. The van der Waals surface area contributed by atoms with Crippen LogP contribution in [0.5, 0.6) is 0 Å². The number of nitrogens with one attached hydrogen (secondary N) is 1. The average Bonchev–Trinajstić information content (AvgIpc) is 1.39. The number of piperidine rings is 1. The largest absolute Gasteiger partial charge is 0.459 e. The molecule has 5 aliphatic rings. The van der Waals surface area contributed by atoms with Crippen molar-refractivity contribution in [3.63, 3.8) is 0 Å². The monoisotopic (exact) mass is 1800 g/mol. The topological polar surface area (TPSA) is 480 Å². The van der Waals surface area contributed by atoms with E-state index in [-0.39, 0.29) is 99.3 Å². The fourth-order valence-electron chi connectivity index (χ4n) is 17.7. The number of nitrogen functional groups attached to an aromatic ring is 2. The van der Waals surface area contributed by atoms with E-state index in [9.17, 15) is 48.9 Å². The van der Waals surface area contributed by atoms with Crippen molar-refractivity contribution >= 4 is 81.0 Å². The van der Waals surface area contributed by atoms with Crippen molar-refractivity contribution in [2.24, 2.45) is 35.3 Å². The predicted octanol–water partition coefficient (Wildman–Crippen LogP) is 7.92. The van der Waals surface area contributed by atoms with Crippen LogP contribution < -0.4 is 27.4 Å². The number of anilines is 3. The number of Topliss-reactive ketones (excluding diaryl/α,β-unsaturated/α-hetero) is 3. The van der Waals surface area contributed by atoms with Gasteiger partial charge in [0, 0.05) is 146 Å². The minimum Gasteiger partial charge on any atom is -0.459 e. The summed E-state index contributed by atoms with van der Waals surface area (Å²) in [6, 6.07) is 11.4. The molecule has 3 saturated heterocycles. The lowest BCUT2D eigenvalue weighted by molar-refractivity contribution is -0.265. The highest BCUT2D eigenvalue weighted by molar-refractivity contribution is 6.39. The van der Waals surface area contributed by atoms with E-state index in [1.165, 1.54) is 19.3 Å². The van der Waals surface area contributed by atoms with Gasteiger partial charge in [-0.15, -0.1) is 5.10 Å². The number of aliphatic hydroxyl groups excluding tert-OH is 2. The lowest BCUT2D eigenvalue weighted by atomic mass is 9.80. The standard InChI is InChI=1S/C94H129N17O19/c1-58-17-10-9-11-18-59(2)77(122-7)51-70-26-22-63(6)94(121,130-70)87(118)90(119)110-32-14-12-21-73(110)91(120)128-78(52-74(112)60(3)46-62(5)85(116)86(117)84(115)61(4)45-58)71(95)48-64-23-27-76(79(49-64)123-8)127-56-65-19-16-20-66(47-65)68-53-99-93(100-54-68)108-36-34-107(35-37-108)81(114)29-25-69-55-109(106-104-69)38-40-125-42-44-126-43-41-124-39-30-80(113)98-31-13-15-33-111-89-82(88(96)101-57-102-89)83(105-111)67-24-28-75-72(50-67)103-92(97)129-75/h9-11,16-20,24,28,46-47,50,53-55,57-58,60-61,63-64,70-71,73,76-79,85-86,116-117,121H,12-15,21-23,25-27,29-45,48-49,51-52,56,95H2,1-8H3,(H2,97,103)(H,98,113)(H2,96,101,102)/b11-9?,17-10+,59-18?,62-46+/t58?,60?,61?,63-,64?,70+,71-,73?,76?,77?,78?,79-,85?,86+,94-/m1/s1. The fourth-order valence-corrected chi connectivity index (χ4v) is 17.7. The molecular weight excluding hydrogens is 1670 g/mol. The highest BCUT2D eigenvalue weighted by Crippen LogP contribution is 2.39. The molecule has 5 aromatic heterocycles. The Labute approximate surface area is 757 Å². The van der Waals surface area contributed by atoms with Crippen LogP contribution in [0.2, 0.25) is 0 Å². The van der Waals surface area contributed by atoms with E-state index in [0.717, 1.165) is 45.6 Å². The Kier molecular flexibility index (Phi) is 36.0. The molecule has 10 N–H and O–H groups in total. The van der Waals surface area contributed by atoms with Crippen molar-refractivity contribution in [2.75, 3.05) is 109 Å². The molecule has 2 bridgehead atoms. The van der Waals surface area contributed by atoms with Gasteiger partial charge < -0.3 is 94.8 Å². The third kappa shape index (κ3) is 26.5. The molecule has 1 aliphatic carbocycles. The number of hydrogen-bond acceptors (Lipinski definition) is 31. The molecule has 36 nitrogen and oxygen atoms in total. The van der Waals surface area contributed by atoms with E-state index in [1.54, 1.807) is 62.8 Å². The number of esters is 1. The van der Waals surface area contributed by atoms with Gasteiger partial charge in [0.1, 0.15) is 53.5 Å². The fraction of sp³-hybridized carbons (Fsp3) is 0.585. The number of aryl methyl sites for hydroxylation is 2. The smallest absolute Gasteiger partial charge is 0.329 e. The van der Waals surface area contributed by atoms with Gasteiger partial charge in [-0.25, -0.2) is 34.1 Å². The number of benzene rings is 2. The molecule has 4 fully saturated rings. The second-order valence-corrected chi connectivity index (χ2v) is 35.1. The summed E-state index contributed by atoms with van der Waals surface area (Å²) < 4.78 is 57.1. The number of ether oxygens (including phenoxy) is 8. The zero-order valence-corrected chi connectivity index (χ0v) is 75.9. The number of hydrogen-bond donors (Lipinski definition) is 7. The number of ketones is 3. The van der Waals surface area contributed by atoms with Crippen molar-refractivity contribution < 1.29 is 91.2 Å². The number of aromatic nitrogens is 10. The number of carbonyl (C=O) groups excluding carboxylic acids is 7. The number of nitrogens with zero attached hydrogens (tertiary/aromatic N) is 13. The molecule has 12 rings (SSSR count). The molecule has 7 aromatic rings. The van der Waals surface area contributed by atoms with Gasteiger partial charge in [-0.05, 0) is 149 Å². The molecule has 0 spiro atoms. The Morgan fingerprint density at radius 2 is 1.52 bits per heavy atom. The van der Waals surface area contributed by atoms with Gasteiger partial charge in [-0.3, -0.25) is 28.8 Å². The first-order valence-corrected chi connectivity index (χ1v) is 45.6. The van der Waals surface area contributed by atoms with Crippen molar-refractivity contribution in [3.8, 4) is 22.4 Å². The zero-order chi connectivity index (χ0) is 92.5. The summed E-state index contributed by atoms with van der Waals surface area (Å²) in [6.07, 6.45) is 18.0. The Balaban J connectivity index is 0.546. The molecule has 130 heavy (non-hydrogen) atoms. The SMILES string of the molecule is COC1C[C@@H]2CC[C@@H](C)[C@@](O)(O2)C(=O)C(=O)N2CCCCC2C(=O)OC([C@H](N)CC2CCC(OCc3cccc(-c4cnc(N5CCN(C(=O)CCc6cn(CCOCCOCCOCCC(=O)NCCCCn7nc(-c8ccc9oc(N)nc9c8)c8c(N)ncnc87)nn6)CC5)nc4)c3)[C@H](OC)C2)CC(=O)C(C)/C=C(\C)C(O)[C@@H](O)C(=O)C(C)CC(C)/C=C/C=CC=C1C. The Morgan fingerprint density at radius 3 is 2.29 bits per heavy atom. The van der Waals surface area contributed by atoms with Crippen molar-refractivity contribution in [2.45, 2.75) is 231 Å². The zero-order valence-electron chi connectivity index (χ0n) is 75.9. The first-order chi connectivity index (χ1) is 62.6. The normalized spacial score (nSPS) is 26.2. The number of piperazine rings is 1. The lowest BCUT2D eigenvalue weighted by Gasteiger charge is -2.42. The summed E-state index contributed by atoms with van der Waals surface area (Å²) in [7, 11) is 3.19. The van der Waals surface area contributed by atoms with E-state index in [0.29, 0.717) is 188 Å². The molecule has 15 atom stereocenters. The molecule has 1 saturated carbocycles. The van der Waals surface area contributed by atoms with Gasteiger partial charge in [0.25, 0.3) is 17.7 Å². The number of nitrogens with two attached hydrogens (primary N) is 3. The van der Waals surface area contributed by atoms with Crippen LogP contribution in [0.1, 0.15) is 156 Å². The number of carbonyl (C=O) groups is 7. The molecule has 9 unspecified atom stereocenters. The van der Waals surface area contributed by atoms with E-state index in [2.05, 4.69) is 35.5 Å². The van der Waals surface area contributed by atoms with E-state index in [4.69, 9.17) is 74.6 Å². The second-order valence-electron chi connectivity index (χ2n) is 35.1. The third-order valence-electron chi connectivity index (χ3n) is 25.5. The third-order valence-corrected chi connectivity index (χ3v) is 25.5. The summed E-state index contributed by atoms with van der Waals surface area (Å²) in [4.78, 5) is 125. The van der Waals surface area contributed by atoms with E-state index < -0.39 is 95.4 Å². The first kappa shape index (κ1) is 98.5. The number of cyclic esters (lactones) is 1. The highest BCUT2D eigenvalue weighted by Gasteiger charge is 2.53. The summed E-state index contributed by atoms with van der Waals surface area (Å²) >= 11 is 0. The van der Waals surface area contributed by atoms with Crippen molar-refractivity contribution in [1.82, 2.24) is 64.8 Å². The summed E-state index contributed by atoms with van der Waals surface area (Å²) in [5, 5.41) is 51.7. The van der Waals surface area contributed by atoms with Crippen LogP contribution >= 0.6 is 0 Å². The number of fused-ring (bicyclic) bond motifs is 5. The Morgan fingerprint density at radius 1 is 0.754 bits per heavy atom. The summed E-state index contributed by atoms with van der Waals surface area (Å²) in [5.41, 5.74) is 26.7. The van der Waals surface area contributed by atoms with Crippen LogP contribution in [0.25, 0.3) is 44.5 Å². The first-order valence-electron chi connectivity index (χ1n) is 45.6. The molecule has 0 radical (unpaired) electrons. The minimum atomic E-state index is -2.50. The van der Waals surface area contributed by atoms with Crippen molar-refractivity contribution in [1.29, 1.82) is 0 Å². The quantitative estimate of drug-likeness (QED) is 0.00938.